The van der Waals surface area contributed by atoms with E-state index in [2.05, 4.69) is 0 Å². The normalized spacial score (nSPS) is 28.4. The topological polar surface area (TPSA) is 240 Å². The third kappa shape index (κ3) is 5.09. The number of phenolic OH excluding ortho intramolecular Hbond substituents is 2. The number of aromatic hydroxyl groups is 2. The van der Waals surface area contributed by atoms with Gasteiger partial charge in [0.1, 0.15) is 29.5 Å². The van der Waals surface area contributed by atoms with Crippen LogP contribution in [0.1, 0.15) is 68.8 Å². The van der Waals surface area contributed by atoms with Crippen molar-refractivity contribution in [1.29, 1.82) is 0 Å². The van der Waals surface area contributed by atoms with Crippen molar-refractivity contribution in [3.8, 4) is 17.2 Å². The number of rotatable bonds is 5. The van der Waals surface area contributed by atoms with E-state index in [1.54, 1.807) is 6.92 Å². The van der Waals surface area contributed by atoms with Crippen molar-refractivity contribution in [3.05, 3.63) is 57.7 Å². The molecular weight excluding hydrogens is 721 g/mol. The fraction of sp³-hybridized carbons (Fsp3) is 0.444. The van der Waals surface area contributed by atoms with Gasteiger partial charge in [0.25, 0.3) is 0 Å². The standard InChI is InChI=1S/C27H29NO11.Ir.H2N/c1-10-22(31)13(28)6-17(38-10)39-15-8-27(36,16(30)9-29)7-12-19(15)26(35)21-20(24(12)33)23(32)11-4-3-5-14(37-2)18(11)25(21)34;;/h3-5,10,13,15,17,22,29,31,33,35-36H,6-9,28H2,1-2H3;;1H2/q;;-1/t10-,13-,15-,17-,22+,27-;;/m0../s1. The number of Topliss-reactive ketones (excluding diaryl/α,β-unsaturated/α-hetero) is 1. The van der Waals surface area contributed by atoms with Crippen LogP contribution in [0.4, 0.5) is 0 Å². The molecule has 13 nitrogen and oxygen atoms in total. The predicted octanol–water partition coefficient (Wildman–Crippen LogP) is 0.716. The van der Waals surface area contributed by atoms with Gasteiger partial charge in [-0.3, -0.25) is 14.4 Å². The van der Waals surface area contributed by atoms with Crippen LogP contribution in [0.25, 0.3) is 6.15 Å². The molecule has 1 saturated heterocycles. The van der Waals surface area contributed by atoms with E-state index < -0.39 is 95.7 Å². The molecule has 225 valence electrons. The van der Waals surface area contributed by atoms with Crippen molar-refractivity contribution in [2.75, 3.05) is 13.7 Å². The molecule has 1 heterocycles. The molecule has 6 atom stereocenters. The Labute approximate surface area is 248 Å². The van der Waals surface area contributed by atoms with E-state index in [0.717, 1.165) is 0 Å². The molecule has 0 aromatic heterocycles. The molecule has 14 heteroatoms. The first kappa shape index (κ1) is 32.7. The van der Waals surface area contributed by atoms with Gasteiger partial charge in [0.2, 0.25) is 5.78 Å². The Hall–Kier alpha value is -2.78. The van der Waals surface area contributed by atoms with E-state index in [-0.39, 0.29) is 60.7 Å². The third-order valence-electron chi connectivity index (χ3n) is 7.81. The van der Waals surface area contributed by atoms with Crippen LogP contribution in [0.15, 0.2) is 18.2 Å². The summed E-state index contributed by atoms with van der Waals surface area (Å²) in [4.78, 5) is 39.7. The van der Waals surface area contributed by atoms with Gasteiger partial charge in [0.05, 0.1) is 42.1 Å². The number of ether oxygens (including phenoxy) is 3. The average Bonchev–Trinajstić information content (AvgIpc) is 2.90. The van der Waals surface area contributed by atoms with E-state index in [1.807, 2.05) is 0 Å². The number of aliphatic hydroxyl groups excluding tert-OH is 2. The summed E-state index contributed by atoms with van der Waals surface area (Å²) in [6.45, 7) is 0.560. The van der Waals surface area contributed by atoms with Crippen LogP contribution in [-0.2, 0) is 40.8 Å². The van der Waals surface area contributed by atoms with Crippen molar-refractivity contribution >= 4 is 17.3 Å². The maximum Gasteiger partial charge on any atom is 0.202 e. The molecule has 2 aromatic rings. The molecule has 0 amide bonds. The molecule has 2 aromatic carbocycles. The van der Waals surface area contributed by atoms with Crippen molar-refractivity contribution in [2.45, 2.75) is 62.4 Å². The number of methoxy groups -OCH3 is 1. The molecule has 0 bridgehead atoms. The first-order chi connectivity index (χ1) is 18.4. The van der Waals surface area contributed by atoms with Gasteiger partial charge in [-0.1, -0.05) is 12.1 Å². The Balaban J connectivity index is 0.00000231. The summed E-state index contributed by atoms with van der Waals surface area (Å²) in [7, 11) is 1.32. The number of nitrogens with two attached hydrogens (primary N) is 2. The quantitative estimate of drug-likeness (QED) is 0.198. The first-order valence-corrected chi connectivity index (χ1v) is 12.4. The third-order valence-corrected chi connectivity index (χ3v) is 7.81. The Morgan fingerprint density at radius 2 is 1.80 bits per heavy atom. The molecule has 1 radical (unpaired) electrons. The maximum absolute atomic E-state index is 13.6. The molecule has 5 rings (SSSR count). The number of carbonyl (C=O) groups is 3. The van der Waals surface area contributed by atoms with Crippen molar-refractivity contribution in [3.63, 3.8) is 0 Å². The number of benzene rings is 2. The van der Waals surface area contributed by atoms with Crippen LogP contribution in [-0.4, -0.2) is 86.7 Å². The summed E-state index contributed by atoms with van der Waals surface area (Å²) in [5.74, 6) is -3.77. The van der Waals surface area contributed by atoms with Gasteiger partial charge < -0.3 is 51.6 Å². The molecule has 1 aliphatic heterocycles. The van der Waals surface area contributed by atoms with Gasteiger partial charge in [-0.25, -0.2) is 0 Å². The first-order valence-electron chi connectivity index (χ1n) is 12.4. The van der Waals surface area contributed by atoms with Gasteiger partial charge in [0, 0.05) is 62.1 Å². The molecule has 0 saturated carbocycles. The summed E-state index contributed by atoms with van der Waals surface area (Å²) in [5.41, 5.74) is 2.37. The molecular formula is C27H31IrN2O11-. The van der Waals surface area contributed by atoms with Crippen LogP contribution in [0.2, 0.25) is 0 Å². The average molecular weight is 752 g/mol. The number of hydrogen-bond acceptors (Lipinski definition) is 12. The van der Waals surface area contributed by atoms with Crippen LogP contribution < -0.4 is 10.5 Å². The fourth-order valence-corrected chi connectivity index (χ4v) is 5.75. The number of fused-ring (bicyclic) bond motifs is 3. The number of phenols is 2. The second kappa shape index (κ2) is 11.8. The molecule has 9 N–H and O–H groups in total. The predicted molar refractivity (Wildman–Crippen MR) is 137 cm³/mol. The van der Waals surface area contributed by atoms with Crippen molar-refractivity contribution in [2.24, 2.45) is 5.73 Å². The van der Waals surface area contributed by atoms with E-state index in [9.17, 15) is 39.9 Å². The second-order valence-electron chi connectivity index (χ2n) is 10.2. The summed E-state index contributed by atoms with van der Waals surface area (Å²) < 4.78 is 17.0. The molecule has 41 heavy (non-hydrogen) atoms. The van der Waals surface area contributed by atoms with Gasteiger partial charge in [-0.15, -0.1) is 0 Å². The zero-order valence-corrected chi connectivity index (χ0v) is 24.5. The SMILES string of the molecule is COc1cccc2c1C(=O)c1c(O)c3c(c(O)c1C2=O)C[C@@](O)(C(=O)CO)C[C@@H]3O[C@H]1C[C@H](N)[C@H](O)[C@H](C)O1.[Ir].[NH2-]. The summed E-state index contributed by atoms with van der Waals surface area (Å²) in [6, 6.07) is 3.64. The van der Waals surface area contributed by atoms with E-state index in [1.165, 1.54) is 25.3 Å². The van der Waals surface area contributed by atoms with Crippen LogP contribution in [0.3, 0.4) is 0 Å². The van der Waals surface area contributed by atoms with E-state index in [4.69, 9.17) is 19.9 Å². The smallest absolute Gasteiger partial charge is 0.202 e. The molecule has 1 fully saturated rings. The van der Waals surface area contributed by atoms with Gasteiger partial charge in [-0.05, 0) is 13.0 Å². The Kier molecular flexibility index (Phi) is 9.45. The molecule has 3 aliphatic rings. The van der Waals surface area contributed by atoms with Crippen molar-refractivity contribution < 1.29 is 74.2 Å². The van der Waals surface area contributed by atoms with Crippen LogP contribution >= 0.6 is 0 Å². The Morgan fingerprint density at radius 3 is 2.41 bits per heavy atom. The minimum Gasteiger partial charge on any atom is -0.693 e. The van der Waals surface area contributed by atoms with E-state index in [0.29, 0.717) is 0 Å². The molecule has 2 aliphatic carbocycles. The van der Waals surface area contributed by atoms with Crippen LogP contribution in [0, 0.1) is 0 Å². The summed E-state index contributed by atoms with van der Waals surface area (Å²) in [5, 5.41) is 53.7. The van der Waals surface area contributed by atoms with Crippen LogP contribution in [0.5, 0.6) is 17.2 Å². The molecule has 0 unspecified atom stereocenters. The molecule has 0 spiro atoms. The number of ketones is 3. The monoisotopic (exact) mass is 752 g/mol. The zero-order valence-electron chi connectivity index (χ0n) is 22.1. The maximum atomic E-state index is 13.6. The van der Waals surface area contributed by atoms with Crippen molar-refractivity contribution in [1.82, 2.24) is 0 Å². The largest absolute Gasteiger partial charge is 0.693 e. The number of hydrogen-bond donors (Lipinski definition) is 6. The Bertz CT molecular complexity index is 1390. The number of carbonyl (C=O) groups excluding carboxylic acids is 3. The summed E-state index contributed by atoms with van der Waals surface area (Å²) >= 11 is 0. The fourth-order valence-electron chi connectivity index (χ4n) is 5.75. The zero-order chi connectivity index (χ0) is 28.4. The van der Waals surface area contributed by atoms with Gasteiger partial charge >= 0.3 is 0 Å². The second-order valence-corrected chi connectivity index (χ2v) is 10.2. The minimum atomic E-state index is -2.24. The van der Waals surface area contributed by atoms with Gasteiger partial charge in [0.15, 0.2) is 17.9 Å². The van der Waals surface area contributed by atoms with E-state index >= 15 is 0 Å². The minimum absolute atomic E-state index is 0. The Morgan fingerprint density at radius 1 is 1.15 bits per heavy atom. The van der Waals surface area contributed by atoms with Gasteiger partial charge in [-0.2, -0.15) is 0 Å². The number of aliphatic hydroxyl groups is 3. The summed E-state index contributed by atoms with van der Waals surface area (Å²) in [6.07, 6.45) is -5.12.